The lowest BCUT2D eigenvalue weighted by Gasteiger charge is -2.19. The smallest absolute Gasteiger partial charge is 0.410 e. The number of likely N-dealkylation sites (N-methyl/N-ethyl adjacent to an activating group) is 1. The molecule has 0 aromatic heterocycles. The lowest BCUT2D eigenvalue weighted by atomic mass is 10.1. The Morgan fingerprint density at radius 3 is 2.14 bits per heavy atom. The van der Waals surface area contributed by atoms with Gasteiger partial charge in [0.05, 0.1) is 6.54 Å². The van der Waals surface area contributed by atoms with Gasteiger partial charge in [0.25, 0.3) is 0 Å². The molecule has 4 nitrogen and oxygen atoms in total. The first kappa shape index (κ1) is 13.4. The number of carbonyl (C=O) groups is 2. The molecule has 0 bridgehead atoms. The van der Waals surface area contributed by atoms with Gasteiger partial charge in [0, 0.05) is 18.2 Å². The van der Waals surface area contributed by atoms with Crippen molar-refractivity contribution in [3.63, 3.8) is 0 Å². The summed E-state index contributed by atoms with van der Waals surface area (Å²) in [6.07, 6.45) is -0.241. The Balaban J connectivity index is 1.95. The van der Waals surface area contributed by atoms with Crippen molar-refractivity contribution >= 4 is 12.4 Å². The third kappa shape index (κ3) is 2.29. The Labute approximate surface area is 123 Å². The second-order valence-corrected chi connectivity index (χ2v) is 4.99. The lowest BCUT2D eigenvalue weighted by molar-refractivity contribution is -0.108. The van der Waals surface area contributed by atoms with E-state index in [1.54, 1.807) is 7.05 Å². The number of hydrogen-bond donors (Lipinski definition) is 0. The predicted molar refractivity (Wildman–Crippen MR) is 78.9 cm³/mol. The minimum Gasteiger partial charge on any atom is -0.436 e. The van der Waals surface area contributed by atoms with E-state index in [1.165, 1.54) is 4.90 Å². The summed E-state index contributed by atoms with van der Waals surface area (Å²) in [7, 11) is 1.55. The number of benzene rings is 2. The number of nitrogens with zero attached hydrogens (tertiary/aromatic N) is 1. The molecule has 0 radical (unpaired) electrons. The van der Waals surface area contributed by atoms with Crippen molar-refractivity contribution in [1.82, 2.24) is 4.90 Å². The number of carbonyl (C=O) groups excluding carboxylic acids is 2. The van der Waals surface area contributed by atoms with E-state index < -0.39 is 12.2 Å². The number of fused-ring (bicyclic) bond motifs is 3. The van der Waals surface area contributed by atoms with Gasteiger partial charge in [0.2, 0.25) is 0 Å². The van der Waals surface area contributed by atoms with Crippen molar-refractivity contribution in [1.29, 1.82) is 0 Å². The molecular weight excluding hydrogens is 266 g/mol. The minimum absolute atomic E-state index is 0.0227. The normalized spacial score (nSPS) is 12.4. The Kier molecular flexibility index (Phi) is 3.44. The molecule has 0 fully saturated rings. The van der Waals surface area contributed by atoms with Gasteiger partial charge in [-0.05, 0) is 11.1 Å². The Bertz CT molecular complexity index is 650. The van der Waals surface area contributed by atoms with Crippen LogP contribution in [-0.2, 0) is 9.53 Å². The first-order chi connectivity index (χ1) is 10.2. The molecule has 1 amide bonds. The van der Waals surface area contributed by atoms with E-state index in [-0.39, 0.29) is 6.54 Å². The van der Waals surface area contributed by atoms with Crippen LogP contribution in [0, 0.1) is 0 Å². The van der Waals surface area contributed by atoms with Gasteiger partial charge in [-0.25, -0.2) is 4.79 Å². The number of ether oxygens (including phenoxy) is 1. The zero-order chi connectivity index (χ0) is 14.8. The van der Waals surface area contributed by atoms with Crippen LogP contribution in [0.3, 0.4) is 0 Å². The highest BCUT2D eigenvalue weighted by Gasteiger charge is 2.31. The summed E-state index contributed by atoms with van der Waals surface area (Å²) in [5, 5.41) is 0. The lowest BCUT2D eigenvalue weighted by Crippen LogP contribution is -2.30. The molecule has 1 aliphatic carbocycles. The average molecular weight is 281 g/mol. The van der Waals surface area contributed by atoms with Crippen molar-refractivity contribution in [2.75, 3.05) is 13.6 Å². The monoisotopic (exact) mass is 281 g/mol. The van der Waals surface area contributed by atoms with Crippen molar-refractivity contribution in [2.24, 2.45) is 0 Å². The van der Waals surface area contributed by atoms with Crippen LogP contribution in [0.5, 0.6) is 0 Å². The summed E-state index contributed by atoms with van der Waals surface area (Å²) in [5.41, 5.74) is 4.13. The predicted octanol–water partition coefficient (Wildman–Crippen LogP) is 3.02. The van der Waals surface area contributed by atoms with Crippen molar-refractivity contribution in [3.05, 3.63) is 59.7 Å². The van der Waals surface area contributed by atoms with Crippen molar-refractivity contribution in [3.8, 4) is 11.1 Å². The summed E-state index contributed by atoms with van der Waals surface area (Å²) in [6.45, 7) is 0.0227. The van der Waals surface area contributed by atoms with E-state index in [0.717, 1.165) is 22.3 Å². The van der Waals surface area contributed by atoms with Gasteiger partial charge >= 0.3 is 6.09 Å². The first-order valence-electron chi connectivity index (χ1n) is 6.76. The molecule has 0 saturated carbocycles. The van der Waals surface area contributed by atoms with Crippen LogP contribution in [0.2, 0.25) is 0 Å². The van der Waals surface area contributed by atoms with Crippen LogP contribution >= 0.6 is 0 Å². The quantitative estimate of drug-likeness (QED) is 0.812. The number of hydrogen-bond acceptors (Lipinski definition) is 3. The first-order valence-corrected chi connectivity index (χ1v) is 6.76. The fraction of sp³-hybridized carbons (Fsp3) is 0.176. The standard InChI is InChI=1S/C17H15NO3/c1-18(10-11-19)17(20)21-16-14-8-4-2-6-12(14)13-7-3-5-9-15(13)16/h2-9,11,16H,10H2,1H3. The molecule has 2 aromatic carbocycles. The summed E-state index contributed by atoms with van der Waals surface area (Å²) >= 11 is 0. The van der Waals surface area contributed by atoms with Gasteiger partial charge in [0.15, 0.2) is 6.10 Å². The topological polar surface area (TPSA) is 46.6 Å². The van der Waals surface area contributed by atoms with Gasteiger partial charge in [0.1, 0.15) is 6.29 Å². The van der Waals surface area contributed by atoms with Gasteiger partial charge in [-0.1, -0.05) is 48.5 Å². The zero-order valence-corrected chi connectivity index (χ0v) is 11.7. The molecule has 3 rings (SSSR count). The summed E-state index contributed by atoms with van der Waals surface area (Å²) in [5.74, 6) is 0. The van der Waals surface area contributed by atoms with E-state index in [4.69, 9.17) is 4.74 Å². The maximum Gasteiger partial charge on any atom is 0.410 e. The summed E-state index contributed by atoms with van der Waals surface area (Å²) < 4.78 is 5.61. The van der Waals surface area contributed by atoms with Crippen LogP contribution in [0.15, 0.2) is 48.5 Å². The fourth-order valence-corrected chi connectivity index (χ4v) is 2.61. The molecule has 4 heteroatoms. The molecule has 1 aliphatic rings. The Hall–Kier alpha value is -2.62. The van der Waals surface area contributed by atoms with E-state index >= 15 is 0 Å². The molecule has 0 N–H and O–H groups in total. The van der Waals surface area contributed by atoms with E-state index in [1.807, 2.05) is 48.5 Å². The van der Waals surface area contributed by atoms with E-state index in [0.29, 0.717) is 6.29 Å². The zero-order valence-electron chi connectivity index (χ0n) is 11.7. The average Bonchev–Trinajstić information content (AvgIpc) is 2.82. The molecule has 0 aliphatic heterocycles. The molecule has 21 heavy (non-hydrogen) atoms. The number of amides is 1. The Morgan fingerprint density at radius 1 is 1.10 bits per heavy atom. The highest BCUT2D eigenvalue weighted by atomic mass is 16.6. The summed E-state index contributed by atoms with van der Waals surface area (Å²) in [4.78, 5) is 23.8. The molecular formula is C17H15NO3. The second kappa shape index (κ2) is 5.40. The van der Waals surface area contributed by atoms with Gasteiger partial charge in [-0.15, -0.1) is 0 Å². The summed E-state index contributed by atoms with van der Waals surface area (Å²) in [6, 6.07) is 15.8. The maximum atomic E-state index is 12.1. The number of rotatable bonds is 3. The molecule has 0 heterocycles. The molecule has 0 unspecified atom stereocenters. The largest absolute Gasteiger partial charge is 0.436 e. The second-order valence-electron chi connectivity index (χ2n) is 4.99. The third-order valence-corrected chi connectivity index (χ3v) is 3.66. The van der Waals surface area contributed by atoms with Gasteiger partial charge in [-0.3, -0.25) is 0 Å². The van der Waals surface area contributed by atoms with Crippen LogP contribution in [0.1, 0.15) is 17.2 Å². The highest BCUT2D eigenvalue weighted by molar-refractivity contribution is 5.80. The van der Waals surface area contributed by atoms with Crippen LogP contribution in [0.25, 0.3) is 11.1 Å². The minimum atomic E-state index is -0.501. The van der Waals surface area contributed by atoms with Crippen molar-refractivity contribution < 1.29 is 14.3 Å². The van der Waals surface area contributed by atoms with E-state index in [2.05, 4.69) is 0 Å². The van der Waals surface area contributed by atoms with Crippen LogP contribution in [-0.4, -0.2) is 30.9 Å². The fourth-order valence-electron chi connectivity index (χ4n) is 2.61. The number of aldehydes is 1. The van der Waals surface area contributed by atoms with Crippen LogP contribution < -0.4 is 0 Å². The third-order valence-electron chi connectivity index (χ3n) is 3.66. The van der Waals surface area contributed by atoms with Crippen molar-refractivity contribution in [2.45, 2.75) is 6.10 Å². The highest BCUT2D eigenvalue weighted by Crippen LogP contribution is 2.45. The van der Waals surface area contributed by atoms with Gasteiger partial charge in [-0.2, -0.15) is 0 Å². The maximum absolute atomic E-state index is 12.1. The molecule has 106 valence electrons. The molecule has 0 atom stereocenters. The van der Waals surface area contributed by atoms with E-state index in [9.17, 15) is 9.59 Å². The Morgan fingerprint density at radius 2 is 1.62 bits per heavy atom. The SMILES string of the molecule is CN(CC=O)C(=O)OC1c2ccccc2-c2ccccc21. The van der Waals surface area contributed by atoms with Crippen LogP contribution in [0.4, 0.5) is 4.79 Å². The molecule has 2 aromatic rings. The van der Waals surface area contributed by atoms with Gasteiger partial charge < -0.3 is 14.4 Å². The molecule has 0 saturated heterocycles. The molecule has 0 spiro atoms.